The van der Waals surface area contributed by atoms with Crippen LogP contribution in [-0.2, 0) is 20.1 Å². The first-order valence-electron chi connectivity index (χ1n) is 13.3. The van der Waals surface area contributed by atoms with E-state index in [9.17, 15) is 118 Å². The Balaban J connectivity index is 7.41. The van der Waals surface area contributed by atoms with E-state index in [-0.39, 0.29) is 6.54 Å². The molecule has 0 aromatic carbocycles. The van der Waals surface area contributed by atoms with Gasteiger partial charge in [0.05, 0.1) is 33.0 Å². The van der Waals surface area contributed by atoms with Gasteiger partial charge >= 0.3 is 64.7 Å². The minimum atomic E-state index is -9.66. The molecule has 0 amide bonds. The molecule has 0 aliphatic rings. The van der Waals surface area contributed by atoms with E-state index in [1.807, 2.05) is 0 Å². The predicted octanol–water partition coefficient (Wildman–Crippen LogP) is 6.23. The van der Waals surface area contributed by atoms with Crippen molar-refractivity contribution in [3.63, 3.8) is 0 Å². The maximum Gasteiger partial charge on any atom is 0.460 e. The summed E-state index contributed by atoms with van der Waals surface area (Å²) in [7, 11) is -10.8. The molecule has 0 aromatic heterocycles. The van der Waals surface area contributed by atoms with Gasteiger partial charge in [0.25, 0.3) is 20.1 Å². The van der Waals surface area contributed by atoms with Crippen molar-refractivity contribution in [3.05, 3.63) is 0 Å². The molecule has 2 N–H and O–H groups in total. The lowest BCUT2D eigenvalue weighted by molar-refractivity contribution is -0.890. The quantitative estimate of drug-likeness (QED) is 0.0804. The zero-order valence-electron chi connectivity index (χ0n) is 26.1. The molecule has 0 radical (unpaired) electrons. The van der Waals surface area contributed by atoms with Crippen LogP contribution >= 0.6 is 0 Å². The van der Waals surface area contributed by atoms with Crippen molar-refractivity contribution in [2.45, 2.75) is 77.6 Å². The molecule has 0 bridgehead atoms. The first kappa shape index (κ1) is 52.1. The lowest BCUT2D eigenvalue weighted by Crippen LogP contribution is -2.78. The summed E-state index contributed by atoms with van der Waals surface area (Å²) in [5.41, 5.74) is 0. The number of hydrogen-bond donors (Lipinski definition) is 2. The molecule has 54 heavy (non-hydrogen) atoms. The molecule has 0 unspecified atom stereocenters. The van der Waals surface area contributed by atoms with E-state index in [0.717, 1.165) is 0 Å². The third-order valence-electron chi connectivity index (χ3n) is 7.23. The van der Waals surface area contributed by atoms with E-state index in [2.05, 4.69) is 0 Å². The lowest BCUT2D eigenvalue weighted by atomic mass is 9.86. The van der Waals surface area contributed by atoms with Crippen LogP contribution in [0.1, 0.15) is 12.8 Å². The monoisotopic (exact) mass is 901 g/mol. The van der Waals surface area contributed by atoms with E-state index < -0.39 is 138 Å². The molecule has 8 nitrogen and oxygen atoms in total. The Bertz CT molecular complexity index is 1530. The molecule has 0 saturated carbocycles. The van der Waals surface area contributed by atoms with Crippen LogP contribution in [0.5, 0.6) is 0 Å². The van der Waals surface area contributed by atoms with Gasteiger partial charge in [-0.1, -0.05) is 0 Å². The SMILES string of the molecule is C[N+](C)(CCO)CCCN(CCCS(=O)(=O)O)S(=O)(=O)C(F)(F)C(F)(F)C(F)(F)C(F)(F)C(F)(F)C(F)(F)C(F)(F)C(F)(F)C(F)(F)C(F)(F)C(F)(F)F. The van der Waals surface area contributed by atoms with Gasteiger partial charge in [-0.25, -0.2) is 8.42 Å². The van der Waals surface area contributed by atoms with Gasteiger partial charge in [0.1, 0.15) is 6.54 Å². The summed E-state index contributed by atoms with van der Waals surface area (Å²) in [6.45, 7) is -5.07. The van der Waals surface area contributed by atoms with E-state index in [1.54, 1.807) is 0 Å². The second kappa shape index (κ2) is 14.8. The first-order chi connectivity index (χ1) is 23.1. The minimum absolute atomic E-state index is 0.267. The van der Waals surface area contributed by atoms with E-state index in [4.69, 9.17) is 9.66 Å². The number of nitrogens with zero attached hydrogens (tertiary/aromatic N) is 2. The Kier molecular flexibility index (Phi) is 14.3. The second-order valence-corrected chi connectivity index (χ2v) is 15.2. The van der Waals surface area contributed by atoms with Crippen LogP contribution in [-0.4, -0.2) is 153 Å². The number of rotatable bonds is 21. The van der Waals surface area contributed by atoms with Crippen molar-refractivity contribution >= 4 is 20.1 Å². The fraction of sp³-hybridized carbons (Fsp3) is 1.00. The normalized spacial score (nSPS) is 16.4. The highest BCUT2D eigenvalue weighted by atomic mass is 32.2. The summed E-state index contributed by atoms with van der Waals surface area (Å²) in [4.78, 5) is 0. The van der Waals surface area contributed by atoms with Crippen LogP contribution in [0.15, 0.2) is 0 Å². The van der Waals surface area contributed by atoms with Gasteiger partial charge in [-0.05, 0) is 6.42 Å². The number of quaternary nitrogens is 1. The summed E-state index contributed by atoms with van der Waals surface area (Å²) < 4.78 is 370. The standard InChI is InChI=1S/C21H23F23N2O6S2/c1-46(2,8-9-47)7-3-5-45(6-4-10-53(48,49)50)54(51,52)21(43,44)19(38,39)17(34,35)15(30,31)13(26,27)11(22,23)12(24,25)14(28,29)16(32,33)18(36,37)20(40,41)42/h47H,3-10H2,1-2H3/p+1. The smallest absolute Gasteiger partial charge is 0.391 e. The molecule has 0 aliphatic carbocycles. The summed E-state index contributed by atoms with van der Waals surface area (Å²) in [6.07, 6.45) is -10.6. The summed E-state index contributed by atoms with van der Waals surface area (Å²) in [6, 6.07) is 0. The van der Waals surface area contributed by atoms with Crippen molar-refractivity contribution in [3.8, 4) is 0 Å². The fourth-order valence-corrected chi connectivity index (χ4v) is 5.91. The number of aliphatic hydroxyl groups is 1. The number of halogens is 23. The number of hydrogen-bond acceptors (Lipinski definition) is 5. The molecule has 326 valence electrons. The third kappa shape index (κ3) is 8.25. The Morgan fingerprint density at radius 1 is 0.481 bits per heavy atom. The molecule has 33 heteroatoms. The highest BCUT2D eigenvalue weighted by molar-refractivity contribution is 7.90. The maximum absolute atomic E-state index is 14.8. The molecule has 0 heterocycles. The lowest BCUT2D eigenvalue weighted by Gasteiger charge is -2.45. The van der Waals surface area contributed by atoms with E-state index in [0.29, 0.717) is 0 Å². The third-order valence-corrected chi connectivity index (χ3v) is 9.98. The van der Waals surface area contributed by atoms with E-state index in [1.165, 1.54) is 14.1 Å². The average Bonchev–Trinajstić information content (AvgIpc) is 2.93. The molecule has 0 aliphatic heterocycles. The van der Waals surface area contributed by atoms with Crippen LogP contribution in [0.3, 0.4) is 0 Å². The summed E-state index contributed by atoms with van der Waals surface area (Å²) in [5.74, 6) is -85.5. The molecule has 0 atom stereocenters. The van der Waals surface area contributed by atoms with Crippen LogP contribution in [0.2, 0.25) is 0 Å². The zero-order valence-corrected chi connectivity index (χ0v) is 27.7. The van der Waals surface area contributed by atoms with Crippen LogP contribution in [0.4, 0.5) is 101 Å². The fourth-order valence-electron chi connectivity index (χ4n) is 3.90. The molecule has 0 rings (SSSR count). The Labute approximate surface area is 287 Å². The van der Waals surface area contributed by atoms with Crippen LogP contribution in [0.25, 0.3) is 0 Å². The Hall–Kier alpha value is -1.87. The predicted molar refractivity (Wildman–Crippen MR) is 131 cm³/mol. The number of alkyl halides is 23. The van der Waals surface area contributed by atoms with Crippen molar-refractivity contribution in [1.29, 1.82) is 0 Å². The van der Waals surface area contributed by atoms with Crippen molar-refractivity contribution in [2.24, 2.45) is 0 Å². The molecule has 0 fully saturated rings. The van der Waals surface area contributed by atoms with Crippen LogP contribution < -0.4 is 0 Å². The molecular weight excluding hydrogens is 877 g/mol. The van der Waals surface area contributed by atoms with Crippen molar-refractivity contribution in [2.75, 3.05) is 52.6 Å². The van der Waals surface area contributed by atoms with Gasteiger partial charge in [-0.2, -0.15) is 114 Å². The highest BCUT2D eigenvalue weighted by Gasteiger charge is 2.99. The minimum Gasteiger partial charge on any atom is -0.391 e. The second-order valence-electron chi connectivity index (χ2n) is 11.7. The number of likely N-dealkylation sites (N-methyl/N-ethyl adjacent to an activating group) is 1. The highest BCUT2D eigenvalue weighted by Crippen LogP contribution is 2.67. The average molecular weight is 902 g/mol. The first-order valence-corrected chi connectivity index (χ1v) is 16.4. The van der Waals surface area contributed by atoms with Crippen LogP contribution in [0, 0.1) is 0 Å². The zero-order chi connectivity index (χ0) is 44.2. The Morgan fingerprint density at radius 2 is 0.778 bits per heavy atom. The Morgan fingerprint density at radius 3 is 1.07 bits per heavy atom. The number of aliphatic hydroxyl groups excluding tert-OH is 1. The topological polar surface area (TPSA) is 112 Å². The van der Waals surface area contributed by atoms with E-state index >= 15 is 0 Å². The summed E-state index contributed by atoms with van der Waals surface area (Å²) >= 11 is 0. The molecular formula is C21H24F23N2O6S2+. The van der Waals surface area contributed by atoms with Crippen molar-refractivity contribution in [1.82, 2.24) is 4.31 Å². The van der Waals surface area contributed by atoms with Gasteiger partial charge in [0.2, 0.25) is 0 Å². The number of sulfonamides is 1. The van der Waals surface area contributed by atoms with Gasteiger partial charge < -0.3 is 9.59 Å². The summed E-state index contributed by atoms with van der Waals surface area (Å²) in [5, 5.41) is 0.861. The molecule has 0 aromatic rings. The largest absolute Gasteiger partial charge is 0.460 e. The van der Waals surface area contributed by atoms with Gasteiger partial charge in [-0.3, -0.25) is 4.55 Å². The molecule has 0 spiro atoms. The van der Waals surface area contributed by atoms with Crippen molar-refractivity contribution < 1.29 is 132 Å². The van der Waals surface area contributed by atoms with Gasteiger partial charge in [-0.15, -0.1) is 0 Å². The van der Waals surface area contributed by atoms with Gasteiger partial charge in [0, 0.05) is 19.5 Å². The van der Waals surface area contributed by atoms with Gasteiger partial charge in [0.15, 0.2) is 0 Å². The maximum atomic E-state index is 14.8. The molecule has 0 saturated heterocycles.